The van der Waals surface area contributed by atoms with Gasteiger partial charge in [0, 0.05) is 37.1 Å². The summed E-state index contributed by atoms with van der Waals surface area (Å²) < 4.78 is 0. The van der Waals surface area contributed by atoms with Crippen LogP contribution in [0.25, 0.3) is 0 Å². The van der Waals surface area contributed by atoms with Crippen LogP contribution in [0.5, 0.6) is 0 Å². The molecular formula is C22H30N4O. The van der Waals surface area contributed by atoms with Crippen molar-refractivity contribution in [1.82, 2.24) is 9.88 Å². The highest BCUT2D eigenvalue weighted by molar-refractivity contribution is 5.89. The number of piperazine rings is 1. The molecule has 1 aromatic heterocycles. The number of hydrogen-bond donors (Lipinski definition) is 1. The van der Waals surface area contributed by atoms with Gasteiger partial charge in [0.25, 0.3) is 0 Å². The molecule has 144 valence electrons. The van der Waals surface area contributed by atoms with Gasteiger partial charge in [-0.05, 0) is 49.1 Å². The number of anilines is 2. The van der Waals surface area contributed by atoms with Crippen molar-refractivity contribution in [3.05, 3.63) is 53.7 Å². The van der Waals surface area contributed by atoms with E-state index in [1.54, 1.807) is 0 Å². The van der Waals surface area contributed by atoms with Crippen LogP contribution in [0.3, 0.4) is 0 Å². The first-order chi connectivity index (χ1) is 12.7. The molecule has 1 saturated heterocycles. The maximum absolute atomic E-state index is 12.7. The van der Waals surface area contributed by atoms with E-state index >= 15 is 0 Å². The first kappa shape index (κ1) is 19.2. The standard InChI is InChI=1S/C22H30N4O/c1-16-7-6-8-20(23-16)25-13-14-26(17(2)15-25)21(27)24-19-11-9-18(10-12-19)22(3,4)5/h6-12,17H,13-15H2,1-5H3,(H,24,27). The lowest BCUT2D eigenvalue weighted by Crippen LogP contribution is -2.55. The summed E-state index contributed by atoms with van der Waals surface area (Å²) in [4.78, 5) is 21.5. The number of hydrogen-bond acceptors (Lipinski definition) is 3. The van der Waals surface area contributed by atoms with Crippen molar-refractivity contribution in [3.63, 3.8) is 0 Å². The van der Waals surface area contributed by atoms with E-state index in [9.17, 15) is 4.79 Å². The highest BCUT2D eigenvalue weighted by Crippen LogP contribution is 2.24. The molecule has 0 bridgehead atoms. The molecule has 27 heavy (non-hydrogen) atoms. The number of nitrogens with zero attached hydrogens (tertiary/aromatic N) is 3. The van der Waals surface area contributed by atoms with Gasteiger partial charge in [-0.3, -0.25) is 0 Å². The fourth-order valence-corrected chi connectivity index (χ4v) is 3.42. The normalized spacial score (nSPS) is 17.7. The molecule has 2 amide bonds. The van der Waals surface area contributed by atoms with E-state index in [-0.39, 0.29) is 17.5 Å². The molecule has 1 aliphatic rings. The predicted octanol–water partition coefficient (Wildman–Crippen LogP) is 4.43. The second-order valence-corrected chi connectivity index (χ2v) is 8.38. The number of aryl methyl sites for hydroxylation is 1. The number of aromatic nitrogens is 1. The quantitative estimate of drug-likeness (QED) is 0.855. The number of amides is 2. The molecule has 5 nitrogen and oxygen atoms in total. The Morgan fingerprint density at radius 3 is 2.41 bits per heavy atom. The Hall–Kier alpha value is -2.56. The summed E-state index contributed by atoms with van der Waals surface area (Å²) >= 11 is 0. The molecule has 1 N–H and O–H groups in total. The SMILES string of the molecule is Cc1cccc(N2CCN(C(=O)Nc3ccc(C(C)(C)C)cc3)C(C)C2)n1. The molecule has 1 atom stereocenters. The van der Waals surface area contributed by atoms with Gasteiger partial charge in [0.1, 0.15) is 5.82 Å². The number of pyridine rings is 1. The number of benzene rings is 1. The lowest BCUT2D eigenvalue weighted by molar-refractivity contribution is 0.184. The van der Waals surface area contributed by atoms with Gasteiger partial charge in [0.05, 0.1) is 0 Å². The first-order valence-electron chi connectivity index (χ1n) is 9.61. The summed E-state index contributed by atoms with van der Waals surface area (Å²) in [5.74, 6) is 0.986. The molecule has 2 heterocycles. The average molecular weight is 367 g/mol. The number of nitrogens with one attached hydrogen (secondary N) is 1. The third-order valence-electron chi connectivity index (χ3n) is 5.09. The average Bonchev–Trinajstić information content (AvgIpc) is 2.61. The van der Waals surface area contributed by atoms with Crippen LogP contribution in [0.1, 0.15) is 39.0 Å². The summed E-state index contributed by atoms with van der Waals surface area (Å²) in [5.41, 5.74) is 3.21. The van der Waals surface area contributed by atoms with Crippen molar-refractivity contribution >= 4 is 17.5 Å². The number of carbonyl (C=O) groups excluding carboxylic acids is 1. The number of carbonyl (C=O) groups is 1. The zero-order valence-corrected chi connectivity index (χ0v) is 17.0. The molecule has 1 aromatic carbocycles. The molecule has 3 rings (SSSR count). The van der Waals surface area contributed by atoms with Crippen molar-refractivity contribution in [2.45, 2.75) is 46.1 Å². The molecular weight excluding hydrogens is 336 g/mol. The lowest BCUT2D eigenvalue weighted by atomic mass is 9.87. The minimum Gasteiger partial charge on any atom is -0.353 e. The maximum atomic E-state index is 12.7. The molecule has 0 radical (unpaired) electrons. The third kappa shape index (κ3) is 4.59. The summed E-state index contributed by atoms with van der Waals surface area (Å²) in [5, 5.41) is 3.04. The maximum Gasteiger partial charge on any atom is 0.322 e. The first-order valence-corrected chi connectivity index (χ1v) is 9.61. The van der Waals surface area contributed by atoms with Crippen LogP contribution in [0.4, 0.5) is 16.3 Å². The second kappa shape index (κ2) is 7.59. The molecule has 5 heteroatoms. The highest BCUT2D eigenvalue weighted by Gasteiger charge is 2.28. The lowest BCUT2D eigenvalue weighted by Gasteiger charge is -2.40. The van der Waals surface area contributed by atoms with Crippen LogP contribution in [-0.4, -0.2) is 41.6 Å². The van der Waals surface area contributed by atoms with Crippen LogP contribution in [0, 0.1) is 6.92 Å². The zero-order valence-electron chi connectivity index (χ0n) is 17.0. The Labute approximate surface area is 162 Å². The van der Waals surface area contributed by atoms with E-state index in [0.29, 0.717) is 6.54 Å². The van der Waals surface area contributed by atoms with E-state index in [1.807, 2.05) is 42.2 Å². The fourth-order valence-electron chi connectivity index (χ4n) is 3.42. The summed E-state index contributed by atoms with van der Waals surface area (Å²) in [7, 11) is 0. The number of rotatable bonds is 2. The van der Waals surface area contributed by atoms with Gasteiger partial charge in [-0.2, -0.15) is 0 Å². The van der Waals surface area contributed by atoms with Gasteiger partial charge < -0.3 is 15.1 Å². The molecule has 0 spiro atoms. The number of urea groups is 1. The van der Waals surface area contributed by atoms with E-state index in [4.69, 9.17) is 0 Å². The minimum absolute atomic E-state index is 0.0390. The predicted molar refractivity (Wildman–Crippen MR) is 112 cm³/mol. The molecule has 2 aromatic rings. The molecule has 1 unspecified atom stereocenters. The zero-order chi connectivity index (χ0) is 19.6. The van der Waals surface area contributed by atoms with Gasteiger partial charge >= 0.3 is 6.03 Å². The Kier molecular flexibility index (Phi) is 5.40. The summed E-state index contributed by atoms with van der Waals surface area (Å²) in [6.07, 6.45) is 0. The van der Waals surface area contributed by atoms with Crippen molar-refractivity contribution in [3.8, 4) is 0 Å². The highest BCUT2D eigenvalue weighted by atomic mass is 16.2. The van der Waals surface area contributed by atoms with Gasteiger partial charge in [-0.15, -0.1) is 0 Å². The van der Waals surface area contributed by atoms with E-state index in [0.717, 1.165) is 30.3 Å². The van der Waals surface area contributed by atoms with Gasteiger partial charge in [-0.1, -0.05) is 39.0 Å². The third-order valence-corrected chi connectivity index (χ3v) is 5.09. The monoisotopic (exact) mass is 366 g/mol. The van der Waals surface area contributed by atoms with Crippen molar-refractivity contribution in [2.75, 3.05) is 29.9 Å². The van der Waals surface area contributed by atoms with E-state index < -0.39 is 0 Å². The Morgan fingerprint density at radius 1 is 1.11 bits per heavy atom. The topological polar surface area (TPSA) is 48.5 Å². The minimum atomic E-state index is -0.0390. The smallest absolute Gasteiger partial charge is 0.322 e. The second-order valence-electron chi connectivity index (χ2n) is 8.38. The van der Waals surface area contributed by atoms with Gasteiger partial charge in [0.2, 0.25) is 0 Å². The van der Waals surface area contributed by atoms with E-state index in [2.05, 4.69) is 55.0 Å². The van der Waals surface area contributed by atoms with Crippen molar-refractivity contribution < 1.29 is 4.79 Å². The van der Waals surface area contributed by atoms with Crippen molar-refractivity contribution in [1.29, 1.82) is 0 Å². The van der Waals surface area contributed by atoms with Crippen LogP contribution < -0.4 is 10.2 Å². The molecule has 0 saturated carbocycles. The Bertz CT molecular complexity index is 795. The largest absolute Gasteiger partial charge is 0.353 e. The van der Waals surface area contributed by atoms with E-state index in [1.165, 1.54) is 5.56 Å². The van der Waals surface area contributed by atoms with Gasteiger partial charge in [-0.25, -0.2) is 9.78 Å². The Balaban J connectivity index is 1.61. The van der Waals surface area contributed by atoms with Crippen LogP contribution in [-0.2, 0) is 5.41 Å². The van der Waals surface area contributed by atoms with Crippen LogP contribution in [0.2, 0.25) is 0 Å². The van der Waals surface area contributed by atoms with Crippen LogP contribution >= 0.6 is 0 Å². The van der Waals surface area contributed by atoms with Crippen LogP contribution in [0.15, 0.2) is 42.5 Å². The van der Waals surface area contributed by atoms with Gasteiger partial charge in [0.15, 0.2) is 0 Å². The van der Waals surface area contributed by atoms with Crippen molar-refractivity contribution in [2.24, 2.45) is 0 Å². The summed E-state index contributed by atoms with van der Waals surface area (Å²) in [6, 6.07) is 14.3. The molecule has 1 aliphatic heterocycles. The summed E-state index contributed by atoms with van der Waals surface area (Å²) in [6.45, 7) is 12.9. The molecule has 0 aliphatic carbocycles. The fraction of sp³-hybridized carbons (Fsp3) is 0.455. The Morgan fingerprint density at radius 2 is 1.81 bits per heavy atom. The molecule has 1 fully saturated rings.